The van der Waals surface area contributed by atoms with Crippen molar-refractivity contribution in [1.82, 2.24) is 4.90 Å². The van der Waals surface area contributed by atoms with Crippen LogP contribution < -0.4 is 23.7 Å². The molecule has 8 nitrogen and oxygen atoms in total. The van der Waals surface area contributed by atoms with Gasteiger partial charge in [-0.1, -0.05) is 12.1 Å². The van der Waals surface area contributed by atoms with Crippen molar-refractivity contribution in [3.05, 3.63) is 47.5 Å². The fourth-order valence-electron chi connectivity index (χ4n) is 4.18. The van der Waals surface area contributed by atoms with Crippen LogP contribution in [0.3, 0.4) is 0 Å². The number of likely N-dealkylation sites (tertiary alicyclic amines) is 1. The molecule has 3 rings (SSSR count). The van der Waals surface area contributed by atoms with E-state index in [1.807, 2.05) is 6.07 Å². The second kappa shape index (κ2) is 13.8. The van der Waals surface area contributed by atoms with Crippen molar-refractivity contribution in [3.8, 4) is 28.7 Å². The van der Waals surface area contributed by atoms with E-state index in [0.29, 0.717) is 40.9 Å². The van der Waals surface area contributed by atoms with Gasteiger partial charge in [-0.25, -0.2) is 0 Å². The van der Waals surface area contributed by atoms with Crippen LogP contribution in [0.1, 0.15) is 41.6 Å². The second-order valence-corrected chi connectivity index (χ2v) is 8.64. The minimum absolute atomic E-state index is 0.163. The molecule has 2 aromatic rings. The van der Waals surface area contributed by atoms with Crippen LogP contribution in [0.2, 0.25) is 0 Å². The van der Waals surface area contributed by atoms with Crippen molar-refractivity contribution in [2.75, 3.05) is 54.7 Å². The average Bonchev–Trinajstić information content (AvgIpc) is 2.91. The summed E-state index contributed by atoms with van der Waals surface area (Å²) in [5.74, 6) is 2.32. The molecule has 36 heavy (non-hydrogen) atoms. The molecule has 1 saturated heterocycles. The van der Waals surface area contributed by atoms with Gasteiger partial charge in [0.05, 0.1) is 41.2 Å². The molecular weight excluding hydrogens is 462 g/mol. The maximum atomic E-state index is 13.2. The van der Waals surface area contributed by atoms with E-state index in [9.17, 15) is 9.90 Å². The van der Waals surface area contributed by atoms with Crippen LogP contribution in [0.25, 0.3) is 6.08 Å². The van der Waals surface area contributed by atoms with Gasteiger partial charge in [0, 0.05) is 25.2 Å². The van der Waals surface area contributed by atoms with Crippen molar-refractivity contribution < 1.29 is 33.6 Å². The van der Waals surface area contributed by atoms with Crippen molar-refractivity contribution in [3.63, 3.8) is 0 Å². The van der Waals surface area contributed by atoms with Crippen molar-refractivity contribution in [1.29, 1.82) is 0 Å². The molecule has 0 atom stereocenters. The second-order valence-electron chi connectivity index (χ2n) is 8.64. The molecule has 0 amide bonds. The summed E-state index contributed by atoms with van der Waals surface area (Å²) in [4.78, 5) is 15.6. The highest BCUT2D eigenvalue weighted by Crippen LogP contribution is 2.35. The lowest BCUT2D eigenvalue weighted by Gasteiger charge is -2.29. The smallest absolute Gasteiger partial charge is 0.193 e. The topological polar surface area (TPSA) is 86.7 Å². The molecular formula is C28H37NO7. The number of unbranched alkanes of at least 4 members (excludes halogenated alkanes) is 1. The quantitative estimate of drug-likeness (QED) is 0.249. The minimum atomic E-state index is -0.244. The van der Waals surface area contributed by atoms with E-state index < -0.39 is 0 Å². The highest BCUT2D eigenvalue weighted by atomic mass is 16.5. The maximum absolute atomic E-state index is 13.2. The summed E-state index contributed by atoms with van der Waals surface area (Å²) in [6, 6.07) is 8.82. The average molecular weight is 500 g/mol. The SMILES string of the molecule is COc1cc(OC)c(C(=O)/C=C/c2ccc(OC)c(OC)c2)c(OCCCCN2CCC(O)CC2)c1. The number of aliphatic hydroxyl groups excluding tert-OH is 1. The number of hydrogen-bond donors (Lipinski definition) is 1. The van der Waals surface area contributed by atoms with Gasteiger partial charge in [-0.3, -0.25) is 4.79 Å². The minimum Gasteiger partial charge on any atom is -0.496 e. The maximum Gasteiger partial charge on any atom is 0.193 e. The Bertz CT molecular complexity index is 1030. The Morgan fingerprint density at radius 1 is 0.917 bits per heavy atom. The van der Waals surface area contributed by atoms with Crippen LogP contribution >= 0.6 is 0 Å². The molecule has 0 radical (unpaired) electrons. The molecule has 0 unspecified atom stereocenters. The summed E-state index contributed by atoms with van der Waals surface area (Å²) in [7, 11) is 6.22. The van der Waals surface area contributed by atoms with Crippen molar-refractivity contribution >= 4 is 11.9 Å². The van der Waals surface area contributed by atoms with E-state index in [1.165, 1.54) is 13.2 Å². The molecule has 0 saturated carbocycles. The standard InChI is InChI=1S/C28H37NO7/c1-32-22-18-26(35-4)28(23(31)9-7-20-8-10-24(33-2)25(17-20)34-3)27(19-22)36-16-6-5-13-29-14-11-21(30)12-15-29/h7-10,17-19,21,30H,5-6,11-16H2,1-4H3/b9-7+. The Kier molecular flexibility index (Phi) is 10.5. The number of piperidine rings is 1. The van der Waals surface area contributed by atoms with E-state index in [4.69, 9.17) is 23.7 Å². The lowest BCUT2D eigenvalue weighted by Crippen LogP contribution is -2.36. The van der Waals surface area contributed by atoms with E-state index in [2.05, 4.69) is 4.90 Å². The van der Waals surface area contributed by atoms with Gasteiger partial charge < -0.3 is 33.7 Å². The fourth-order valence-corrected chi connectivity index (χ4v) is 4.18. The zero-order valence-corrected chi connectivity index (χ0v) is 21.6. The number of rotatable bonds is 13. The molecule has 2 aromatic carbocycles. The third kappa shape index (κ3) is 7.38. The van der Waals surface area contributed by atoms with Gasteiger partial charge in [0.1, 0.15) is 22.8 Å². The molecule has 0 spiro atoms. The Morgan fingerprint density at radius 3 is 2.28 bits per heavy atom. The molecule has 1 aliphatic rings. The van der Waals surface area contributed by atoms with E-state index in [1.54, 1.807) is 51.7 Å². The number of aliphatic hydroxyl groups is 1. The largest absolute Gasteiger partial charge is 0.496 e. The van der Waals surface area contributed by atoms with E-state index >= 15 is 0 Å². The normalized spacial score (nSPS) is 14.6. The fraction of sp³-hybridized carbons (Fsp3) is 0.464. The molecule has 8 heteroatoms. The predicted octanol–water partition coefficient (Wildman–Crippen LogP) is 4.23. The number of methoxy groups -OCH3 is 4. The van der Waals surface area contributed by atoms with Crippen LogP contribution in [-0.2, 0) is 0 Å². The number of carbonyl (C=O) groups is 1. The number of allylic oxidation sites excluding steroid dienone is 1. The number of ether oxygens (including phenoxy) is 5. The molecule has 196 valence electrons. The molecule has 1 N–H and O–H groups in total. The Balaban J connectivity index is 1.69. The third-order valence-corrected chi connectivity index (χ3v) is 6.26. The predicted molar refractivity (Wildman–Crippen MR) is 139 cm³/mol. The van der Waals surface area contributed by atoms with Crippen molar-refractivity contribution in [2.24, 2.45) is 0 Å². The first-order valence-corrected chi connectivity index (χ1v) is 12.2. The van der Waals surface area contributed by atoms with Crippen molar-refractivity contribution in [2.45, 2.75) is 31.8 Å². The van der Waals surface area contributed by atoms with Gasteiger partial charge in [0.25, 0.3) is 0 Å². The summed E-state index contributed by atoms with van der Waals surface area (Å²) < 4.78 is 27.6. The van der Waals surface area contributed by atoms with Crippen LogP contribution in [0.4, 0.5) is 0 Å². The number of nitrogens with zero attached hydrogens (tertiary/aromatic N) is 1. The van der Waals surface area contributed by atoms with Crippen LogP contribution in [0.15, 0.2) is 36.4 Å². The number of ketones is 1. The highest BCUT2D eigenvalue weighted by Gasteiger charge is 2.20. The van der Waals surface area contributed by atoms with Gasteiger partial charge in [-0.15, -0.1) is 0 Å². The summed E-state index contributed by atoms with van der Waals surface area (Å²) in [5.41, 5.74) is 1.14. The first-order chi connectivity index (χ1) is 17.5. The van der Waals surface area contributed by atoms with Crippen LogP contribution in [0.5, 0.6) is 28.7 Å². The van der Waals surface area contributed by atoms with Gasteiger partial charge in [-0.05, 0) is 56.0 Å². The number of carbonyl (C=O) groups excluding carboxylic acids is 1. The van der Waals surface area contributed by atoms with Gasteiger partial charge in [0.15, 0.2) is 17.3 Å². The molecule has 1 aliphatic heterocycles. The summed E-state index contributed by atoms with van der Waals surface area (Å²) in [6.07, 6.45) is 6.53. The first kappa shape index (κ1) is 27.4. The monoisotopic (exact) mass is 499 g/mol. The van der Waals surface area contributed by atoms with Crippen LogP contribution in [-0.4, -0.2) is 76.6 Å². The Hall–Kier alpha value is -3.23. The zero-order chi connectivity index (χ0) is 25.9. The highest BCUT2D eigenvalue weighted by molar-refractivity contribution is 6.10. The van der Waals surface area contributed by atoms with Gasteiger partial charge in [0.2, 0.25) is 0 Å². The van der Waals surface area contributed by atoms with Gasteiger partial charge in [-0.2, -0.15) is 0 Å². The van der Waals surface area contributed by atoms with E-state index in [0.717, 1.165) is 50.9 Å². The molecule has 1 heterocycles. The molecule has 1 fully saturated rings. The first-order valence-electron chi connectivity index (χ1n) is 12.2. The molecule has 0 aromatic heterocycles. The number of benzene rings is 2. The molecule has 0 bridgehead atoms. The van der Waals surface area contributed by atoms with E-state index in [-0.39, 0.29) is 11.9 Å². The Morgan fingerprint density at radius 2 is 1.61 bits per heavy atom. The zero-order valence-electron chi connectivity index (χ0n) is 21.6. The summed E-state index contributed by atoms with van der Waals surface area (Å²) in [5, 5.41) is 9.66. The number of hydrogen-bond acceptors (Lipinski definition) is 8. The molecule has 0 aliphatic carbocycles. The van der Waals surface area contributed by atoms with Crippen LogP contribution in [0, 0.1) is 0 Å². The lowest BCUT2D eigenvalue weighted by molar-refractivity contribution is 0.0812. The Labute approximate surface area is 213 Å². The summed E-state index contributed by atoms with van der Waals surface area (Å²) >= 11 is 0. The third-order valence-electron chi connectivity index (χ3n) is 6.26. The lowest BCUT2D eigenvalue weighted by atomic mass is 10.1. The summed E-state index contributed by atoms with van der Waals surface area (Å²) in [6.45, 7) is 3.30. The van der Waals surface area contributed by atoms with Gasteiger partial charge >= 0.3 is 0 Å².